The van der Waals surface area contributed by atoms with Gasteiger partial charge in [-0.15, -0.1) is 0 Å². The van der Waals surface area contributed by atoms with Crippen LogP contribution >= 0.6 is 0 Å². The number of piperazine rings is 1. The Morgan fingerprint density at radius 3 is 2.24 bits per heavy atom. The summed E-state index contributed by atoms with van der Waals surface area (Å²) >= 11 is 0. The molecule has 34 heavy (non-hydrogen) atoms. The van der Waals surface area contributed by atoms with Gasteiger partial charge < -0.3 is 9.47 Å². The summed E-state index contributed by atoms with van der Waals surface area (Å²) in [6.45, 7) is 7.28. The number of carbonyl (C=O) groups is 1. The number of para-hydroxylation sites is 2. The Labute approximate surface area is 201 Å². The van der Waals surface area contributed by atoms with Crippen molar-refractivity contribution in [2.75, 3.05) is 26.2 Å². The van der Waals surface area contributed by atoms with Gasteiger partial charge in [-0.25, -0.2) is 4.98 Å². The Balaban J connectivity index is 1.22. The molecule has 2 heterocycles. The maximum absolute atomic E-state index is 13.1. The SMILES string of the molecule is CCCCn1c(CN2CCN(C(=O)c3ccc(-c4ccccc4)cc3)CC2)nc2ccccc21. The predicted molar refractivity (Wildman–Crippen MR) is 138 cm³/mol. The van der Waals surface area contributed by atoms with Crippen LogP contribution in [0.25, 0.3) is 22.2 Å². The molecule has 4 aromatic rings. The molecule has 0 radical (unpaired) electrons. The van der Waals surface area contributed by atoms with Gasteiger partial charge in [-0.3, -0.25) is 9.69 Å². The molecule has 0 bridgehead atoms. The van der Waals surface area contributed by atoms with E-state index in [0.29, 0.717) is 0 Å². The molecule has 0 atom stereocenters. The first-order valence-corrected chi connectivity index (χ1v) is 12.3. The minimum atomic E-state index is 0.120. The second-order valence-electron chi connectivity index (χ2n) is 9.03. The van der Waals surface area contributed by atoms with Crippen LogP contribution < -0.4 is 0 Å². The molecule has 0 aliphatic carbocycles. The van der Waals surface area contributed by atoms with Crippen LogP contribution in [-0.2, 0) is 13.1 Å². The standard InChI is InChI=1S/C29H32N4O/c1-2-3-17-33-27-12-8-7-11-26(27)30-28(33)22-31-18-20-32(21-19-31)29(34)25-15-13-24(14-16-25)23-9-5-4-6-10-23/h4-16H,2-3,17-22H2,1H3. The summed E-state index contributed by atoms with van der Waals surface area (Å²) in [4.78, 5) is 22.4. The zero-order chi connectivity index (χ0) is 23.3. The fraction of sp³-hybridized carbons (Fsp3) is 0.310. The van der Waals surface area contributed by atoms with Crippen molar-refractivity contribution >= 4 is 16.9 Å². The monoisotopic (exact) mass is 452 g/mol. The summed E-state index contributed by atoms with van der Waals surface area (Å²) in [5.41, 5.74) is 5.35. The van der Waals surface area contributed by atoms with Crippen LogP contribution in [-0.4, -0.2) is 51.4 Å². The van der Waals surface area contributed by atoms with E-state index in [2.05, 4.69) is 52.8 Å². The molecule has 0 spiro atoms. The van der Waals surface area contributed by atoms with Gasteiger partial charge in [0.25, 0.3) is 5.91 Å². The Kier molecular flexibility index (Phi) is 6.72. The van der Waals surface area contributed by atoms with Crippen LogP contribution in [0.4, 0.5) is 0 Å². The van der Waals surface area contributed by atoms with Gasteiger partial charge in [-0.05, 0) is 41.8 Å². The molecule has 0 unspecified atom stereocenters. The quantitative estimate of drug-likeness (QED) is 0.374. The number of aryl methyl sites for hydroxylation is 1. The van der Waals surface area contributed by atoms with E-state index in [1.54, 1.807) is 0 Å². The zero-order valence-corrected chi connectivity index (χ0v) is 19.9. The maximum atomic E-state index is 13.1. The van der Waals surface area contributed by atoms with E-state index in [9.17, 15) is 4.79 Å². The number of carbonyl (C=O) groups excluding carboxylic acids is 1. The largest absolute Gasteiger partial charge is 0.336 e. The lowest BCUT2D eigenvalue weighted by molar-refractivity contribution is 0.0624. The number of aromatic nitrogens is 2. The fourth-order valence-corrected chi connectivity index (χ4v) is 4.74. The summed E-state index contributed by atoms with van der Waals surface area (Å²) in [7, 11) is 0. The first-order valence-electron chi connectivity index (χ1n) is 12.3. The molecule has 1 fully saturated rings. The highest BCUT2D eigenvalue weighted by Gasteiger charge is 2.23. The van der Waals surface area contributed by atoms with Gasteiger partial charge in [-0.1, -0.05) is 67.9 Å². The summed E-state index contributed by atoms with van der Waals surface area (Å²) in [6, 6.07) is 26.7. The summed E-state index contributed by atoms with van der Waals surface area (Å²) < 4.78 is 2.38. The molecule has 0 saturated carbocycles. The highest BCUT2D eigenvalue weighted by atomic mass is 16.2. The van der Waals surface area contributed by atoms with Gasteiger partial charge in [0.05, 0.1) is 17.6 Å². The van der Waals surface area contributed by atoms with Crippen LogP contribution in [0.3, 0.4) is 0 Å². The van der Waals surface area contributed by atoms with Crippen molar-refractivity contribution < 1.29 is 4.79 Å². The Morgan fingerprint density at radius 2 is 1.50 bits per heavy atom. The first-order chi connectivity index (χ1) is 16.7. The number of rotatable bonds is 7. The van der Waals surface area contributed by atoms with E-state index in [0.717, 1.165) is 68.2 Å². The molecule has 1 aliphatic heterocycles. The number of amides is 1. The second kappa shape index (κ2) is 10.2. The third-order valence-corrected chi connectivity index (χ3v) is 6.73. The van der Waals surface area contributed by atoms with Gasteiger partial charge >= 0.3 is 0 Å². The van der Waals surface area contributed by atoms with E-state index in [-0.39, 0.29) is 5.91 Å². The van der Waals surface area contributed by atoms with Crippen molar-refractivity contribution in [1.29, 1.82) is 0 Å². The fourth-order valence-electron chi connectivity index (χ4n) is 4.74. The smallest absolute Gasteiger partial charge is 0.253 e. The third kappa shape index (κ3) is 4.75. The van der Waals surface area contributed by atoms with Gasteiger partial charge in [0.15, 0.2) is 0 Å². The second-order valence-corrected chi connectivity index (χ2v) is 9.03. The van der Waals surface area contributed by atoms with Gasteiger partial charge in [0.2, 0.25) is 0 Å². The normalized spacial score (nSPS) is 14.6. The van der Waals surface area contributed by atoms with Gasteiger partial charge in [0.1, 0.15) is 5.82 Å². The predicted octanol–water partition coefficient (Wildman–Crippen LogP) is 5.46. The van der Waals surface area contributed by atoms with Crippen molar-refractivity contribution in [3.8, 4) is 11.1 Å². The number of fused-ring (bicyclic) bond motifs is 1. The van der Waals surface area contributed by atoms with Crippen molar-refractivity contribution in [3.63, 3.8) is 0 Å². The van der Waals surface area contributed by atoms with E-state index < -0.39 is 0 Å². The highest BCUT2D eigenvalue weighted by molar-refractivity contribution is 5.94. The summed E-state index contributed by atoms with van der Waals surface area (Å²) in [6.07, 6.45) is 2.32. The Morgan fingerprint density at radius 1 is 0.824 bits per heavy atom. The van der Waals surface area contributed by atoms with Gasteiger partial charge in [0, 0.05) is 38.3 Å². The number of hydrogen-bond acceptors (Lipinski definition) is 3. The molecule has 3 aromatic carbocycles. The number of benzene rings is 3. The van der Waals surface area contributed by atoms with Gasteiger partial charge in [-0.2, -0.15) is 0 Å². The highest BCUT2D eigenvalue weighted by Crippen LogP contribution is 2.21. The molecular formula is C29H32N4O. The lowest BCUT2D eigenvalue weighted by Gasteiger charge is -2.34. The average molecular weight is 453 g/mol. The summed E-state index contributed by atoms with van der Waals surface area (Å²) in [5.74, 6) is 1.25. The first kappa shape index (κ1) is 22.4. The Bertz CT molecular complexity index is 1240. The van der Waals surface area contributed by atoms with Crippen molar-refractivity contribution in [1.82, 2.24) is 19.4 Å². The van der Waals surface area contributed by atoms with E-state index >= 15 is 0 Å². The molecular weight excluding hydrogens is 420 g/mol. The maximum Gasteiger partial charge on any atom is 0.253 e. The third-order valence-electron chi connectivity index (χ3n) is 6.73. The molecule has 1 saturated heterocycles. The molecule has 1 amide bonds. The molecule has 0 N–H and O–H groups in total. The molecule has 1 aromatic heterocycles. The van der Waals surface area contributed by atoms with Crippen LogP contribution in [0.15, 0.2) is 78.9 Å². The molecule has 5 heteroatoms. The topological polar surface area (TPSA) is 41.4 Å². The van der Waals surface area contributed by atoms with Crippen molar-refractivity contribution in [2.45, 2.75) is 32.9 Å². The number of unbranched alkanes of at least 4 members (excludes halogenated alkanes) is 1. The minimum absolute atomic E-state index is 0.120. The lowest BCUT2D eigenvalue weighted by Crippen LogP contribution is -2.48. The van der Waals surface area contributed by atoms with E-state index in [1.165, 1.54) is 17.5 Å². The Hall–Kier alpha value is -3.44. The zero-order valence-electron chi connectivity index (χ0n) is 19.9. The number of imidazole rings is 1. The molecule has 5 rings (SSSR count). The van der Waals surface area contributed by atoms with Crippen LogP contribution in [0.2, 0.25) is 0 Å². The molecule has 174 valence electrons. The number of hydrogen-bond donors (Lipinski definition) is 0. The lowest BCUT2D eigenvalue weighted by atomic mass is 10.0. The van der Waals surface area contributed by atoms with Crippen molar-refractivity contribution in [2.24, 2.45) is 0 Å². The summed E-state index contributed by atoms with van der Waals surface area (Å²) in [5, 5.41) is 0. The van der Waals surface area contributed by atoms with E-state index in [1.807, 2.05) is 47.4 Å². The van der Waals surface area contributed by atoms with Crippen LogP contribution in [0.5, 0.6) is 0 Å². The average Bonchev–Trinajstić information content (AvgIpc) is 3.25. The van der Waals surface area contributed by atoms with Crippen molar-refractivity contribution in [3.05, 3.63) is 90.3 Å². The number of nitrogens with zero attached hydrogens (tertiary/aromatic N) is 4. The molecule has 5 nitrogen and oxygen atoms in total. The van der Waals surface area contributed by atoms with Crippen LogP contribution in [0, 0.1) is 0 Å². The minimum Gasteiger partial charge on any atom is -0.336 e. The molecule has 1 aliphatic rings. The van der Waals surface area contributed by atoms with Crippen LogP contribution in [0.1, 0.15) is 35.9 Å². The van der Waals surface area contributed by atoms with E-state index in [4.69, 9.17) is 4.98 Å².